The first-order valence-corrected chi connectivity index (χ1v) is 8.82. The number of aromatic nitrogens is 4. The van der Waals surface area contributed by atoms with E-state index in [1.54, 1.807) is 6.20 Å². The average Bonchev–Trinajstić information content (AvgIpc) is 3.25. The SMILES string of the molecule is CC(C)c1nnsc1CNC(=O)Nc1ccnn1C1CCCC1. The minimum absolute atomic E-state index is 0.229. The van der Waals surface area contributed by atoms with Gasteiger partial charge in [0.15, 0.2) is 0 Å². The fraction of sp³-hybridized carbons (Fsp3) is 0.600. The highest BCUT2D eigenvalue weighted by molar-refractivity contribution is 7.05. The van der Waals surface area contributed by atoms with E-state index in [0.29, 0.717) is 18.5 Å². The fourth-order valence-electron chi connectivity index (χ4n) is 2.95. The molecule has 0 atom stereocenters. The molecule has 3 rings (SSSR count). The van der Waals surface area contributed by atoms with Crippen LogP contribution < -0.4 is 10.6 Å². The van der Waals surface area contributed by atoms with Crippen molar-refractivity contribution < 1.29 is 4.79 Å². The second-order valence-corrected chi connectivity index (χ2v) is 6.98. The second-order valence-electron chi connectivity index (χ2n) is 6.14. The molecule has 2 aromatic heterocycles. The van der Waals surface area contributed by atoms with Crippen molar-refractivity contribution in [2.24, 2.45) is 0 Å². The fourth-order valence-corrected chi connectivity index (χ4v) is 3.68. The lowest BCUT2D eigenvalue weighted by atomic mass is 10.1. The predicted molar refractivity (Wildman–Crippen MR) is 89.6 cm³/mol. The van der Waals surface area contributed by atoms with Gasteiger partial charge in [-0.2, -0.15) is 5.10 Å². The second kappa shape index (κ2) is 7.08. The first-order valence-electron chi connectivity index (χ1n) is 8.04. The van der Waals surface area contributed by atoms with Gasteiger partial charge in [0.2, 0.25) is 0 Å². The number of amides is 2. The van der Waals surface area contributed by atoms with Crippen LogP contribution in [0.5, 0.6) is 0 Å². The number of hydrogen-bond donors (Lipinski definition) is 2. The van der Waals surface area contributed by atoms with Crippen LogP contribution in [0.4, 0.5) is 10.6 Å². The average molecular weight is 334 g/mol. The van der Waals surface area contributed by atoms with Gasteiger partial charge in [0.05, 0.1) is 29.4 Å². The minimum Gasteiger partial charge on any atom is -0.333 e. The Morgan fingerprint density at radius 3 is 2.96 bits per heavy atom. The van der Waals surface area contributed by atoms with Crippen LogP contribution in [0.3, 0.4) is 0 Å². The summed E-state index contributed by atoms with van der Waals surface area (Å²) in [5.74, 6) is 1.05. The molecule has 0 radical (unpaired) electrons. The Morgan fingerprint density at radius 1 is 1.43 bits per heavy atom. The van der Waals surface area contributed by atoms with E-state index in [-0.39, 0.29) is 6.03 Å². The summed E-state index contributed by atoms with van der Waals surface area (Å²) in [6.45, 7) is 4.58. The lowest BCUT2D eigenvalue weighted by Crippen LogP contribution is -2.29. The quantitative estimate of drug-likeness (QED) is 0.878. The molecule has 0 bridgehead atoms. The molecule has 2 heterocycles. The van der Waals surface area contributed by atoms with E-state index in [1.165, 1.54) is 24.4 Å². The number of anilines is 1. The molecule has 2 amide bonds. The molecule has 1 aliphatic carbocycles. The van der Waals surface area contributed by atoms with Gasteiger partial charge in [-0.3, -0.25) is 5.32 Å². The van der Waals surface area contributed by atoms with Gasteiger partial charge >= 0.3 is 6.03 Å². The van der Waals surface area contributed by atoms with Gasteiger partial charge in [0.1, 0.15) is 5.82 Å². The molecule has 0 unspecified atom stereocenters. The summed E-state index contributed by atoms with van der Waals surface area (Å²) < 4.78 is 5.90. The van der Waals surface area contributed by atoms with Gasteiger partial charge in [0.25, 0.3) is 0 Å². The summed E-state index contributed by atoms with van der Waals surface area (Å²) >= 11 is 1.33. The Morgan fingerprint density at radius 2 is 2.22 bits per heavy atom. The van der Waals surface area contributed by atoms with Crippen molar-refractivity contribution in [3.05, 3.63) is 22.8 Å². The monoisotopic (exact) mass is 334 g/mol. The van der Waals surface area contributed by atoms with Gasteiger partial charge in [0, 0.05) is 6.07 Å². The summed E-state index contributed by atoms with van der Waals surface area (Å²) in [7, 11) is 0. The first kappa shape index (κ1) is 15.9. The maximum absolute atomic E-state index is 12.2. The van der Waals surface area contributed by atoms with Crippen LogP contribution in [-0.2, 0) is 6.54 Å². The van der Waals surface area contributed by atoms with Crippen LogP contribution in [0.25, 0.3) is 0 Å². The molecule has 124 valence electrons. The van der Waals surface area contributed by atoms with E-state index in [0.717, 1.165) is 29.2 Å². The third-order valence-electron chi connectivity index (χ3n) is 4.12. The zero-order chi connectivity index (χ0) is 16.2. The molecule has 1 fully saturated rings. The third-order valence-corrected chi connectivity index (χ3v) is 4.86. The number of rotatable bonds is 5. The van der Waals surface area contributed by atoms with Crippen LogP contribution in [0.1, 0.15) is 62.1 Å². The van der Waals surface area contributed by atoms with Crippen LogP contribution >= 0.6 is 11.5 Å². The molecule has 0 saturated heterocycles. The number of urea groups is 1. The molecule has 0 spiro atoms. The standard InChI is InChI=1S/C15H22N6OS/c1-10(2)14-12(23-20-19-14)9-16-15(22)18-13-7-8-17-21(13)11-5-3-4-6-11/h7-8,10-11H,3-6,9H2,1-2H3,(H2,16,18,22). The topological polar surface area (TPSA) is 84.7 Å². The smallest absolute Gasteiger partial charge is 0.320 e. The molecular formula is C15H22N6OS. The number of hydrogen-bond acceptors (Lipinski definition) is 5. The molecular weight excluding hydrogens is 312 g/mol. The van der Waals surface area contributed by atoms with Gasteiger partial charge in [-0.1, -0.05) is 31.2 Å². The van der Waals surface area contributed by atoms with E-state index >= 15 is 0 Å². The Kier molecular flexibility index (Phi) is 4.90. The Balaban J connectivity index is 1.57. The van der Waals surface area contributed by atoms with E-state index in [2.05, 4.69) is 39.2 Å². The molecule has 2 aromatic rings. The molecule has 23 heavy (non-hydrogen) atoms. The van der Waals surface area contributed by atoms with E-state index < -0.39 is 0 Å². The zero-order valence-electron chi connectivity index (χ0n) is 13.5. The largest absolute Gasteiger partial charge is 0.333 e. The highest BCUT2D eigenvalue weighted by Gasteiger charge is 2.20. The molecule has 1 saturated carbocycles. The van der Waals surface area contributed by atoms with Crippen molar-refractivity contribution in [1.29, 1.82) is 0 Å². The Labute approximate surface area is 139 Å². The Hall–Kier alpha value is -1.96. The van der Waals surface area contributed by atoms with Crippen molar-refractivity contribution in [2.45, 2.75) is 58.0 Å². The van der Waals surface area contributed by atoms with Gasteiger partial charge in [-0.05, 0) is 30.3 Å². The lowest BCUT2D eigenvalue weighted by Gasteiger charge is -2.15. The molecule has 1 aliphatic rings. The van der Waals surface area contributed by atoms with Gasteiger partial charge < -0.3 is 5.32 Å². The normalized spacial score (nSPS) is 15.3. The summed E-state index contributed by atoms with van der Waals surface area (Å²) in [6, 6.07) is 2.01. The van der Waals surface area contributed by atoms with Gasteiger partial charge in [-0.25, -0.2) is 9.48 Å². The summed E-state index contributed by atoms with van der Waals surface area (Å²) in [6.07, 6.45) is 6.45. The summed E-state index contributed by atoms with van der Waals surface area (Å²) in [5.41, 5.74) is 0.950. The van der Waals surface area contributed by atoms with Crippen molar-refractivity contribution in [3.8, 4) is 0 Å². The molecule has 8 heteroatoms. The van der Waals surface area contributed by atoms with Crippen molar-refractivity contribution in [1.82, 2.24) is 24.7 Å². The van der Waals surface area contributed by atoms with Crippen molar-refractivity contribution >= 4 is 23.4 Å². The Bertz CT molecular complexity index is 658. The number of carbonyl (C=O) groups excluding carboxylic acids is 1. The lowest BCUT2D eigenvalue weighted by molar-refractivity contribution is 0.251. The molecule has 7 nitrogen and oxygen atoms in total. The molecule has 2 N–H and O–H groups in total. The first-order chi connectivity index (χ1) is 11.1. The molecule has 0 aromatic carbocycles. The number of carbonyl (C=O) groups is 1. The van der Waals surface area contributed by atoms with E-state index in [9.17, 15) is 4.79 Å². The van der Waals surface area contributed by atoms with Gasteiger partial charge in [-0.15, -0.1) is 5.10 Å². The highest BCUT2D eigenvalue weighted by atomic mass is 32.1. The number of nitrogens with zero attached hydrogens (tertiary/aromatic N) is 4. The minimum atomic E-state index is -0.229. The van der Waals surface area contributed by atoms with Crippen LogP contribution in [-0.4, -0.2) is 25.4 Å². The molecule has 0 aliphatic heterocycles. The third kappa shape index (κ3) is 3.69. The van der Waals surface area contributed by atoms with Crippen molar-refractivity contribution in [2.75, 3.05) is 5.32 Å². The van der Waals surface area contributed by atoms with Crippen molar-refractivity contribution in [3.63, 3.8) is 0 Å². The van der Waals surface area contributed by atoms with E-state index in [1.807, 2.05) is 10.7 Å². The predicted octanol–water partition coefficient (Wildman–Crippen LogP) is 3.29. The maximum Gasteiger partial charge on any atom is 0.320 e. The van der Waals surface area contributed by atoms with Crippen LogP contribution in [0.2, 0.25) is 0 Å². The maximum atomic E-state index is 12.2. The number of nitrogens with one attached hydrogen (secondary N) is 2. The highest BCUT2D eigenvalue weighted by Crippen LogP contribution is 2.31. The zero-order valence-corrected chi connectivity index (χ0v) is 14.3. The summed E-state index contributed by atoms with van der Waals surface area (Å²) in [4.78, 5) is 13.2. The van der Waals surface area contributed by atoms with Crippen LogP contribution in [0.15, 0.2) is 12.3 Å². The van der Waals surface area contributed by atoms with E-state index in [4.69, 9.17) is 0 Å². The summed E-state index contributed by atoms with van der Waals surface area (Å²) in [5, 5.41) is 14.2. The van der Waals surface area contributed by atoms with Crippen LogP contribution in [0, 0.1) is 0 Å².